The topological polar surface area (TPSA) is 37.3 Å². The summed E-state index contributed by atoms with van der Waals surface area (Å²) in [4.78, 5) is 10.4. The van der Waals surface area contributed by atoms with Crippen molar-refractivity contribution in [2.24, 2.45) is 0 Å². The highest BCUT2D eigenvalue weighted by Crippen LogP contribution is 2.16. The van der Waals surface area contributed by atoms with E-state index >= 15 is 0 Å². The third-order valence-corrected chi connectivity index (χ3v) is 1.36. The average Bonchev–Trinajstić information content (AvgIpc) is 1.85. The first-order valence-corrected chi connectivity index (χ1v) is 2.84. The maximum Gasteiger partial charge on any atom is 0.198 e. The fourth-order valence-corrected chi connectivity index (χ4v) is 0.936. The van der Waals surface area contributed by atoms with Gasteiger partial charge in [0.1, 0.15) is 0 Å². The molecule has 44 valence electrons. The lowest BCUT2D eigenvalue weighted by atomic mass is 10.3. The Morgan fingerprint density at radius 3 is 2.62 bits per heavy atom. The quantitative estimate of drug-likeness (QED) is 0.473. The maximum absolute atomic E-state index is 10.4. The van der Waals surface area contributed by atoms with E-state index in [0.717, 1.165) is 0 Å². The molecule has 0 aromatic heterocycles. The van der Waals surface area contributed by atoms with Gasteiger partial charge in [-0.15, -0.1) is 0 Å². The molecule has 0 aliphatic heterocycles. The summed E-state index contributed by atoms with van der Waals surface area (Å²) in [5.41, 5.74) is 0. The lowest BCUT2D eigenvalue weighted by Gasteiger charge is -1.87. The third-order valence-electron chi connectivity index (χ3n) is 1.03. The van der Waals surface area contributed by atoms with Gasteiger partial charge in [-0.25, -0.2) is 0 Å². The summed E-state index contributed by atoms with van der Waals surface area (Å²) in [5.74, 6) is -0.338. The summed E-state index contributed by atoms with van der Waals surface area (Å²) < 4.78 is 0. The molecule has 8 heavy (non-hydrogen) atoms. The van der Waals surface area contributed by atoms with Gasteiger partial charge in [-0.2, -0.15) is 12.6 Å². The van der Waals surface area contributed by atoms with Gasteiger partial charge in [-0.05, 0) is 6.08 Å². The molecule has 2 nitrogen and oxygen atoms in total. The lowest BCUT2D eigenvalue weighted by Crippen LogP contribution is -1.95. The van der Waals surface area contributed by atoms with Crippen LogP contribution in [0.25, 0.3) is 0 Å². The molecule has 0 fully saturated rings. The molecule has 0 heterocycles. The number of aliphatic hydroxyl groups excluding tert-OH is 1. The van der Waals surface area contributed by atoms with Gasteiger partial charge in [0.05, 0.1) is 0 Å². The standard InChI is InChI=1S/C5H6O2S/c6-4-1-3(8)2-5(4)7/h1,3,6,8H,2H2. The molecular weight excluding hydrogens is 124 g/mol. The summed E-state index contributed by atoms with van der Waals surface area (Å²) in [7, 11) is 0. The minimum absolute atomic E-state index is 0.0671. The van der Waals surface area contributed by atoms with Crippen molar-refractivity contribution in [1.82, 2.24) is 0 Å². The minimum atomic E-state index is -0.204. The van der Waals surface area contributed by atoms with Crippen LogP contribution >= 0.6 is 12.6 Å². The van der Waals surface area contributed by atoms with E-state index in [9.17, 15) is 4.79 Å². The van der Waals surface area contributed by atoms with Crippen LogP contribution in [-0.4, -0.2) is 16.1 Å². The Bertz CT molecular complexity index is 151. The number of hydrogen-bond donors (Lipinski definition) is 2. The fourth-order valence-electron chi connectivity index (χ4n) is 0.629. The number of Topliss-reactive ketones (excluding diaryl/α,β-unsaturated/α-hetero) is 1. The lowest BCUT2D eigenvalue weighted by molar-refractivity contribution is -0.117. The number of carbonyl (C=O) groups is 1. The van der Waals surface area contributed by atoms with Crippen LogP contribution in [0, 0.1) is 0 Å². The molecule has 0 amide bonds. The molecular formula is C5H6O2S. The smallest absolute Gasteiger partial charge is 0.198 e. The summed E-state index contributed by atoms with van der Waals surface area (Å²) in [5, 5.41) is 8.56. The van der Waals surface area contributed by atoms with Crippen molar-refractivity contribution < 1.29 is 9.90 Å². The first kappa shape index (κ1) is 5.69. The molecule has 1 N–H and O–H groups in total. The summed E-state index contributed by atoms with van der Waals surface area (Å²) in [6.45, 7) is 0. The number of rotatable bonds is 0. The Hall–Kier alpha value is -0.440. The molecule has 0 saturated heterocycles. The number of carbonyl (C=O) groups excluding carboxylic acids is 1. The maximum atomic E-state index is 10.4. The zero-order valence-electron chi connectivity index (χ0n) is 4.16. The molecule has 1 aliphatic carbocycles. The Kier molecular flexibility index (Phi) is 1.29. The van der Waals surface area contributed by atoms with Crippen molar-refractivity contribution in [1.29, 1.82) is 0 Å². The first-order chi connectivity index (χ1) is 3.70. The van der Waals surface area contributed by atoms with Crippen molar-refractivity contribution in [3.8, 4) is 0 Å². The van der Waals surface area contributed by atoms with Gasteiger partial charge in [0.2, 0.25) is 0 Å². The summed E-state index contributed by atoms with van der Waals surface area (Å²) in [6.07, 6.45) is 1.79. The van der Waals surface area contributed by atoms with Crippen LogP contribution in [0.15, 0.2) is 11.8 Å². The van der Waals surface area contributed by atoms with Gasteiger partial charge in [-0.1, -0.05) is 0 Å². The predicted molar refractivity (Wildman–Crippen MR) is 33.1 cm³/mol. The Labute approximate surface area is 52.6 Å². The molecule has 0 aromatic carbocycles. The fraction of sp³-hybridized carbons (Fsp3) is 0.400. The van der Waals surface area contributed by atoms with Crippen LogP contribution in [0.5, 0.6) is 0 Å². The molecule has 0 bridgehead atoms. The van der Waals surface area contributed by atoms with Gasteiger partial charge in [0, 0.05) is 11.7 Å². The third kappa shape index (κ3) is 0.865. The predicted octanol–water partition coefficient (Wildman–Crippen LogP) is 0.700. The van der Waals surface area contributed by atoms with Crippen LogP contribution in [0.1, 0.15) is 6.42 Å². The summed E-state index contributed by atoms with van der Waals surface area (Å²) >= 11 is 3.95. The highest BCUT2D eigenvalue weighted by atomic mass is 32.1. The second-order valence-electron chi connectivity index (χ2n) is 1.75. The summed E-state index contributed by atoms with van der Waals surface area (Å²) in [6, 6.07) is 0. The van der Waals surface area contributed by atoms with E-state index in [1.54, 1.807) is 0 Å². The second-order valence-corrected chi connectivity index (χ2v) is 2.41. The van der Waals surface area contributed by atoms with E-state index in [1.165, 1.54) is 6.08 Å². The zero-order chi connectivity index (χ0) is 6.15. The molecule has 0 radical (unpaired) electrons. The Morgan fingerprint density at radius 1 is 1.88 bits per heavy atom. The van der Waals surface area contributed by atoms with Crippen molar-refractivity contribution in [2.75, 3.05) is 0 Å². The van der Waals surface area contributed by atoms with Gasteiger partial charge in [0.25, 0.3) is 0 Å². The molecule has 3 heteroatoms. The molecule has 1 unspecified atom stereocenters. The van der Waals surface area contributed by atoms with E-state index in [4.69, 9.17) is 5.11 Å². The highest BCUT2D eigenvalue weighted by Gasteiger charge is 2.19. The van der Waals surface area contributed by atoms with Crippen LogP contribution in [0.2, 0.25) is 0 Å². The van der Waals surface area contributed by atoms with Crippen molar-refractivity contribution in [3.05, 3.63) is 11.8 Å². The zero-order valence-corrected chi connectivity index (χ0v) is 5.06. The number of ketones is 1. The van der Waals surface area contributed by atoms with Crippen LogP contribution < -0.4 is 0 Å². The van der Waals surface area contributed by atoms with Crippen LogP contribution in [0.3, 0.4) is 0 Å². The van der Waals surface area contributed by atoms with Crippen LogP contribution in [0.4, 0.5) is 0 Å². The number of aliphatic hydroxyl groups is 1. The van der Waals surface area contributed by atoms with Crippen molar-refractivity contribution >= 4 is 18.4 Å². The van der Waals surface area contributed by atoms with E-state index in [1.807, 2.05) is 0 Å². The minimum Gasteiger partial charge on any atom is -0.505 e. The molecule has 0 saturated carbocycles. The highest BCUT2D eigenvalue weighted by molar-refractivity contribution is 7.81. The number of thiol groups is 1. The average molecular weight is 130 g/mol. The Morgan fingerprint density at radius 2 is 2.50 bits per heavy atom. The molecule has 1 aliphatic rings. The van der Waals surface area contributed by atoms with Gasteiger partial charge in [-0.3, -0.25) is 4.79 Å². The van der Waals surface area contributed by atoms with E-state index in [-0.39, 0.29) is 16.8 Å². The van der Waals surface area contributed by atoms with Crippen molar-refractivity contribution in [3.63, 3.8) is 0 Å². The van der Waals surface area contributed by atoms with E-state index in [2.05, 4.69) is 12.6 Å². The van der Waals surface area contributed by atoms with E-state index < -0.39 is 0 Å². The van der Waals surface area contributed by atoms with Gasteiger partial charge in [0.15, 0.2) is 11.5 Å². The van der Waals surface area contributed by atoms with Crippen molar-refractivity contribution in [2.45, 2.75) is 11.7 Å². The van der Waals surface area contributed by atoms with E-state index in [0.29, 0.717) is 6.42 Å². The molecule has 1 rings (SSSR count). The second kappa shape index (κ2) is 1.82. The Balaban J connectivity index is 2.73. The van der Waals surface area contributed by atoms with Gasteiger partial charge >= 0.3 is 0 Å². The molecule has 0 aromatic rings. The normalized spacial score (nSPS) is 28.4. The monoisotopic (exact) mass is 130 g/mol. The number of hydrogen-bond acceptors (Lipinski definition) is 3. The number of allylic oxidation sites excluding steroid dienone is 1. The SMILES string of the molecule is O=C1CC(S)C=C1O. The molecule has 1 atom stereocenters. The first-order valence-electron chi connectivity index (χ1n) is 2.32. The van der Waals surface area contributed by atoms with Crippen LogP contribution in [-0.2, 0) is 4.79 Å². The molecule has 0 spiro atoms. The van der Waals surface area contributed by atoms with Gasteiger partial charge < -0.3 is 5.11 Å². The largest absolute Gasteiger partial charge is 0.505 e.